The van der Waals surface area contributed by atoms with E-state index in [-0.39, 0.29) is 17.0 Å². The van der Waals surface area contributed by atoms with E-state index in [0.717, 1.165) is 23.7 Å². The van der Waals surface area contributed by atoms with Crippen molar-refractivity contribution in [3.05, 3.63) is 95.9 Å². The quantitative estimate of drug-likeness (QED) is 0.552. The Morgan fingerprint density at radius 3 is 2.15 bits per heavy atom. The highest BCUT2D eigenvalue weighted by Gasteiger charge is 2.40. The van der Waals surface area contributed by atoms with Crippen LogP contribution in [0.25, 0.3) is 5.57 Å². The number of halogens is 1. The van der Waals surface area contributed by atoms with Crippen molar-refractivity contribution in [1.82, 2.24) is 0 Å². The van der Waals surface area contributed by atoms with Crippen LogP contribution in [0.4, 0.5) is 21.5 Å². The van der Waals surface area contributed by atoms with Crippen LogP contribution >= 0.6 is 0 Å². The summed E-state index contributed by atoms with van der Waals surface area (Å²) in [4.78, 5) is 30.1. The van der Waals surface area contributed by atoms with Crippen molar-refractivity contribution in [1.29, 1.82) is 0 Å². The van der Waals surface area contributed by atoms with E-state index in [1.165, 1.54) is 37.5 Å². The summed E-state index contributed by atoms with van der Waals surface area (Å²) < 4.78 is 13.8. The van der Waals surface area contributed by atoms with E-state index in [1.54, 1.807) is 18.2 Å². The highest BCUT2D eigenvalue weighted by molar-refractivity contribution is 6.46. The van der Waals surface area contributed by atoms with Crippen molar-refractivity contribution in [3.63, 3.8) is 0 Å². The number of amides is 2. The van der Waals surface area contributed by atoms with Crippen LogP contribution in [0, 0.1) is 5.82 Å². The third kappa shape index (κ3) is 4.12. The maximum Gasteiger partial charge on any atom is 0.282 e. The third-order valence-corrected chi connectivity index (χ3v) is 6.07. The number of rotatable bonds is 5. The van der Waals surface area contributed by atoms with Gasteiger partial charge in [0.25, 0.3) is 11.8 Å². The molecule has 33 heavy (non-hydrogen) atoms. The zero-order valence-electron chi connectivity index (χ0n) is 18.1. The molecule has 1 saturated heterocycles. The van der Waals surface area contributed by atoms with Gasteiger partial charge in [-0.2, -0.15) is 0 Å². The Kier molecular flexibility index (Phi) is 5.65. The molecular weight excluding hydrogens is 417 g/mol. The molecule has 2 aliphatic rings. The second-order valence-corrected chi connectivity index (χ2v) is 8.26. The van der Waals surface area contributed by atoms with Gasteiger partial charge >= 0.3 is 0 Å². The van der Waals surface area contributed by atoms with Gasteiger partial charge in [-0.25, -0.2) is 9.29 Å². The number of imide groups is 1. The molecule has 3 aromatic rings. The number of hydrogen-bond acceptors (Lipinski definition) is 4. The second-order valence-electron chi connectivity index (χ2n) is 8.26. The molecule has 1 fully saturated rings. The summed E-state index contributed by atoms with van der Waals surface area (Å²) in [5.41, 5.74) is 3.14. The van der Waals surface area contributed by atoms with E-state index in [9.17, 15) is 14.0 Å². The first-order valence-electron chi connectivity index (χ1n) is 11.2. The lowest BCUT2D eigenvalue weighted by atomic mass is 10.0. The highest BCUT2D eigenvalue weighted by Crippen LogP contribution is 2.34. The monoisotopic (exact) mass is 441 g/mol. The molecule has 0 bridgehead atoms. The zero-order valence-corrected chi connectivity index (χ0v) is 18.1. The summed E-state index contributed by atoms with van der Waals surface area (Å²) in [5, 5.41) is 3.17. The Labute approximate surface area is 192 Å². The topological polar surface area (TPSA) is 52.7 Å². The molecule has 0 saturated carbocycles. The molecule has 3 aromatic carbocycles. The van der Waals surface area contributed by atoms with Crippen molar-refractivity contribution < 1.29 is 14.0 Å². The lowest BCUT2D eigenvalue weighted by Gasteiger charge is -2.28. The van der Waals surface area contributed by atoms with E-state index in [0.29, 0.717) is 11.3 Å². The number of piperidine rings is 1. The number of hydrogen-bond donors (Lipinski definition) is 1. The zero-order chi connectivity index (χ0) is 22.8. The number of carbonyl (C=O) groups excluding carboxylic acids is 2. The molecular formula is C27H24FN3O2. The second kappa shape index (κ2) is 8.90. The summed E-state index contributed by atoms with van der Waals surface area (Å²) in [6, 6.07) is 22.5. The van der Waals surface area contributed by atoms with Gasteiger partial charge in [0, 0.05) is 24.5 Å². The Bertz CT molecular complexity index is 1220. The van der Waals surface area contributed by atoms with Gasteiger partial charge in [-0.15, -0.1) is 0 Å². The predicted octanol–water partition coefficient (Wildman–Crippen LogP) is 5.21. The Morgan fingerprint density at radius 1 is 0.727 bits per heavy atom. The summed E-state index contributed by atoms with van der Waals surface area (Å²) >= 11 is 0. The number of anilines is 3. The van der Waals surface area contributed by atoms with Crippen molar-refractivity contribution >= 4 is 34.4 Å². The minimum atomic E-state index is -0.510. The first-order valence-corrected chi connectivity index (χ1v) is 11.2. The molecule has 2 aliphatic heterocycles. The normalized spacial score (nSPS) is 16.5. The summed E-state index contributed by atoms with van der Waals surface area (Å²) in [6.07, 6.45) is 3.66. The van der Waals surface area contributed by atoms with E-state index in [2.05, 4.69) is 10.2 Å². The van der Waals surface area contributed by atoms with Crippen molar-refractivity contribution in [2.45, 2.75) is 19.3 Å². The van der Waals surface area contributed by atoms with E-state index in [1.807, 2.05) is 42.5 Å². The molecule has 5 nitrogen and oxygen atoms in total. The minimum Gasteiger partial charge on any atom is -0.372 e. The SMILES string of the molecule is O=C1C(Nc2ccc(N3CCCCC3)cc2)=C(c2ccccc2)C(=O)N1c1cccc(F)c1. The average Bonchev–Trinajstić information content (AvgIpc) is 3.09. The Hall–Kier alpha value is -3.93. The predicted molar refractivity (Wildman–Crippen MR) is 128 cm³/mol. The lowest BCUT2D eigenvalue weighted by molar-refractivity contribution is -0.120. The van der Waals surface area contributed by atoms with Crippen LogP contribution in [0.15, 0.2) is 84.6 Å². The Morgan fingerprint density at radius 2 is 1.45 bits per heavy atom. The molecule has 0 aromatic heterocycles. The molecule has 0 atom stereocenters. The lowest BCUT2D eigenvalue weighted by Crippen LogP contribution is -2.32. The molecule has 166 valence electrons. The van der Waals surface area contributed by atoms with Crippen LogP contribution in [0.5, 0.6) is 0 Å². The Balaban J connectivity index is 1.49. The highest BCUT2D eigenvalue weighted by atomic mass is 19.1. The van der Waals surface area contributed by atoms with Crippen molar-refractivity contribution in [3.8, 4) is 0 Å². The number of benzene rings is 3. The van der Waals surface area contributed by atoms with Crippen LogP contribution in [-0.2, 0) is 9.59 Å². The minimum absolute atomic E-state index is 0.182. The van der Waals surface area contributed by atoms with Gasteiger partial charge in [0.15, 0.2) is 0 Å². The van der Waals surface area contributed by atoms with Gasteiger partial charge in [-0.1, -0.05) is 36.4 Å². The van der Waals surface area contributed by atoms with Crippen LogP contribution in [0.1, 0.15) is 24.8 Å². The van der Waals surface area contributed by atoms with Crippen molar-refractivity contribution in [2.75, 3.05) is 28.2 Å². The summed E-state index contributed by atoms with van der Waals surface area (Å²) in [5.74, 6) is -1.50. The van der Waals surface area contributed by atoms with E-state index >= 15 is 0 Å². The smallest absolute Gasteiger partial charge is 0.282 e. The number of nitrogens with zero attached hydrogens (tertiary/aromatic N) is 2. The molecule has 0 unspecified atom stereocenters. The van der Waals surface area contributed by atoms with E-state index in [4.69, 9.17) is 0 Å². The molecule has 2 amide bonds. The maximum absolute atomic E-state index is 13.8. The van der Waals surface area contributed by atoms with Crippen LogP contribution < -0.4 is 15.1 Å². The summed E-state index contributed by atoms with van der Waals surface area (Å²) in [6.45, 7) is 2.09. The van der Waals surface area contributed by atoms with Gasteiger partial charge in [0.1, 0.15) is 11.5 Å². The first-order chi connectivity index (χ1) is 16.1. The molecule has 0 radical (unpaired) electrons. The third-order valence-electron chi connectivity index (χ3n) is 6.07. The average molecular weight is 442 g/mol. The van der Waals surface area contributed by atoms with Gasteiger partial charge < -0.3 is 10.2 Å². The fraction of sp³-hybridized carbons (Fsp3) is 0.185. The van der Waals surface area contributed by atoms with Gasteiger partial charge in [-0.05, 0) is 67.3 Å². The van der Waals surface area contributed by atoms with Crippen LogP contribution in [0.3, 0.4) is 0 Å². The molecule has 5 rings (SSSR count). The number of nitrogens with one attached hydrogen (secondary N) is 1. The van der Waals surface area contributed by atoms with Crippen LogP contribution in [0.2, 0.25) is 0 Å². The van der Waals surface area contributed by atoms with Gasteiger partial charge in [-0.3, -0.25) is 9.59 Å². The van der Waals surface area contributed by atoms with Crippen molar-refractivity contribution in [2.24, 2.45) is 0 Å². The van der Waals surface area contributed by atoms with Gasteiger partial charge in [0.05, 0.1) is 11.3 Å². The number of carbonyl (C=O) groups is 2. The molecule has 0 aliphatic carbocycles. The fourth-order valence-electron chi connectivity index (χ4n) is 4.42. The van der Waals surface area contributed by atoms with Crippen LogP contribution in [-0.4, -0.2) is 24.9 Å². The van der Waals surface area contributed by atoms with Gasteiger partial charge in [0.2, 0.25) is 0 Å². The standard InChI is InChI=1S/C27H24FN3O2/c28-20-10-7-11-23(18-20)31-26(32)24(19-8-3-1-4-9-19)25(27(31)33)29-21-12-14-22(15-13-21)30-16-5-2-6-17-30/h1,3-4,7-15,18,29H,2,5-6,16-17H2. The largest absolute Gasteiger partial charge is 0.372 e. The fourth-order valence-corrected chi connectivity index (χ4v) is 4.42. The maximum atomic E-state index is 13.8. The molecule has 0 spiro atoms. The molecule has 6 heteroatoms. The van der Waals surface area contributed by atoms with E-state index < -0.39 is 17.6 Å². The summed E-state index contributed by atoms with van der Waals surface area (Å²) in [7, 11) is 0. The first kappa shape index (κ1) is 20.9. The molecule has 1 N–H and O–H groups in total. The molecule has 2 heterocycles.